The van der Waals surface area contributed by atoms with E-state index in [2.05, 4.69) is 37.1 Å². The Kier molecular flexibility index (Phi) is 4.04. The standard InChI is InChI=1S/C14H18ClN3/c1-4-16-11(3)10(2)9-12-14(15)17-13-7-5-6-8-18(12)13/h5-9,11,16H,4H2,1-3H3/b10-9+. The van der Waals surface area contributed by atoms with Gasteiger partial charge in [0.2, 0.25) is 0 Å². The first-order chi connectivity index (χ1) is 8.63. The summed E-state index contributed by atoms with van der Waals surface area (Å²) in [5.41, 5.74) is 3.05. The molecule has 0 aromatic carbocycles. The van der Waals surface area contributed by atoms with E-state index in [1.165, 1.54) is 5.57 Å². The van der Waals surface area contributed by atoms with E-state index < -0.39 is 0 Å². The van der Waals surface area contributed by atoms with Crippen LogP contribution >= 0.6 is 11.6 Å². The van der Waals surface area contributed by atoms with Gasteiger partial charge in [-0.1, -0.05) is 30.2 Å². The van der Waals surface area contributed by atoms with Gasteiger partial charge in [0.05, 0.1) is 5.69 Å². The van der Waals surface area contributed by atoms with Gasteiger partial charge in [-0.3, -0.25) is 4.40 Å². The highest BCUT2D eigenvalue weighted by Crippen LogP contribution is 2.21. The first-order valence-electron chi connectivity index (χ1n) is 6.17. The normalized spacial score (nSPS) is 14.1. The van der Waals surface area contributed by atoms with Crippen molar-refractivity contribution in [2.45, 2.75) is 26.8 Å². The van der Waals surface area contributed by atoms with Crippen LogP contribution in [-0.2, 0) is 0 Å². The Morgan fingerprint density at radius 1 is 1.56 bits per heavy atom. The number of fused-ring (bicyclic) bond motifs is 1. The van der Waals surface area contributed by atoms with Crippen LogP contribution in [0.3, 0.4) is 0 Å². The van der Waals surface area contributed by atoms with Crippen molar-refractivity contribution in [3.05, 3.63) is 40.8 Å². The molecule has 18 heavy (non-hydrogen) atoms. The fourth-order valence-electron chi connectivity index (χ4n) is 1.92. The van der Waals surface area contributed by atoms with Gasteiger partial charge in [-0.05, 0) is 38.6 Å². The molecule has 0 bridgehead atoms. The summed E-state index contributed by atoms with van der Waals surface area (Å²) >= 11 is 6.20. The number of aromatic nitrogens is 2. The van der Waals surface area contributed by atoms with Crippen molar-refractivity contribution in [2.24, 2.45) is 0 Å². The van der Waals surface area contributed by atoms with Crippen molar-refractivity contribution in [1.29, 1.82) is 0 Å². The summed E-state index contributed by atoms with van der Waals surface area (Å²) < 4.78 is 2.00. The topological polar surface area (TPSA) is 29.3 Å². The number of hydrogen-bond donors (Lipinski definition) is 1. The highest BCUT2D eigenvalue weighted by molar-refractivity contribution is 6.31. The molecule has 0 saturated heterocycles. The highest BCUT2D eigenvalue weighted by atomic mass is 35.5. The van der Waals surface area contributed by atoms with Gasteiger partial charge in [0.1, 0.15) is 5.65 Å². The zero-order chi connectivity index (χ0) is 13.1. The molecule has 96 valence electrons. The second-order valence-corrected chi connectivity index (χ2v) is 4.74. The summed E-state index contributed by atoms with van der Waals surface area (Å²) in [7, 11) is 0. The Morgan fingerprint density at radius 3 is 3.06 bits per heavy atom. The molecule has 2 aromatic rings. The molecule has 0 radical (unpaired) electrons. The Hall–Kier alpha value is -1.32. The van der Waals surface area contributed by atoms with E-state index >= 15 is 0 Å². The van der Waals surface area contributed by atoms with E-state index in [-0.39, 0.29) is 0 Å². The third-order valence-electron chi connectivity index (χ3n) is 3.08. The Labute approximate surface area is 112 Å². The van der Waals surface area contributed by atoms with Crippen molar-refractivity contribution in [2.75, 3.05) is 6.54 Å². The number of imidazole rings is 1. The van der Waals surface area contributed by atoms with Gasteiger partial charge in [0.15, 0.2) is 5.15 Å². The summed E-state index contributed by atoms with van der Waals surface area (Å²) in [6.45, 7) is 7.30. The summed E-state index contributed by atoms with van der Waals surface area (Å²) in [6.07, 6.45) is 4.07. The summed E-state index contributed by atoms with van der Waals surface area (Å²) in [5, 5.41) is 3.93. The lowest BCUT2D eigenvalue weighted by atomic mass is 10.1. The first-order valence-corrected chi connectivity index (χ1v) is 6.55. The van der Waals surface area contributed by atoms with Crippen LogP contribution in [0.4, 0.5) is 0 Å². The Bertz CT molecular complexity index is 571. The van der Waals surface area contributed by atoms with Gasteiger partial charge >= 0.3 is 0 Å². The zero-order valence-electron chi connectivity index (χ0n) is 10.9. The number of hydrogen-bond acceptors (Lipinski definition) is 2. The second-order valence-electron chi connectivity index (χ2n) is 4.38. The number of pyridine rings is 1. The van der Waals surface area contributed by atoms with Crippen molar-refractivity contribution < 1.29 is 0 Å². The zero-order valence-corrected chi connectivity index (χ0v) is 11.7. The molecule has 0 amide bonds. The summed E-state index contributed by atoms with van der Waals surface area (Å²) in [6, 6.07) is 6.22. The van der Waals surface area contributed by atoms with Gasteiger partial charge in [0.25, 0.3) is 0 Å². The number of nitrogens with one attached hydrogen (secondary N) is 1. The van der Waals surface area contributed by atoms with Gasteiger partial charge in [-0.25, -0.2) is 4.98 Å². The van der Waals surface area contributed by atoms with Crippen LogP contribution in [0, 0.1) is 0 Å². The van der Waals surface area contributed by atoms with Crippen molar-refractivity contribution in [1.82, 2.24) is 14.7 Å². The Balaban J connectivity index is 2.42. The maximum atomic E-state index is 6.20. The van der Waals surface area contributed by atoms with Crippen LogP contribution in [0.2, 0.25) is 5.15 Å². The molecular weight excluding hydrogens is 246 g/mol. The molecule has 0 spiro atoms. The molecule has 0 aliphatic carbocycles. The SMILES string of the molecule is CCNC(C)/C(C)=C/c1c(Cl)nc2ccccn12. The fourth-order valence-corrected chi connectivity index (χ4v) is 2.16. The molecule has 2 rings (SSSR count). The van der Waals surface area contributed by atoms with Crippen LogP contribution in [0.1, 0.15) is 26.5 Å². The minimum Gasteiger partial charge on any atom is -0.311 e. The average molecular weight is 264 g/mol. The Morgan fingerprint density at radius 2 is 2.33 bits per heavy atom. The first kappa shape index (κ1) is 13.1. The molecular formula is C14H18ClN3. The molecule has 4 heteroatoms. The highest BCUT2D eigenvalue weighted by Gasteiger charge is 2.09. The molecule has 1 unspecified atom stereocenters. The predicted molar refractivity (Wildman–Crippen MR) is 77.0 cm³/mol. The van der Waals surface area contributed by atoms with Crippen LogP contribution in [-0.4, -0.2) is 22.0 Å². The van der Waals surface area contributed by atoms with E-state index in [1.807, 2.05) is 28.8 Å². The van der Waals surface area contributed by atoms with Crippen molar-refractivity contribution in [3.8, 4) is 0 Å². The largest absolute Gasteiger partial charge is 0.311 e. The van der Waals surface area contributed by atoms with Crippen LogP contribution in [0.5, 0.6) is 0 Å². The van der Waals surface area contributed by atoms with E-state index in [0.29, 0.717) is 11.2 Å². The van der Waals surface area contributed by atoms with Crippen LogP contribution < -0.4 is 5.32 Å². The molecule has 0 aliphatic rings. The summed E-state index contributed by atoms with van der Waals surface area (Å²) in [5.74, 6) is 0. The molecule has 1 N–H and O–H groups in total. The maximum Gasteiger partial charge on any atom is 0.155 e. The smallest absolute Gasteiger partial charge is 0.155 e. The lowest BCUT2D eigenvalue weighted by Crippen LogP contribution is -2.26. The minimum absolute atomic E-state index is 0.334. The second kappa shape index (κ2) is 5.55. The molecule has 1 atom stereocenters. The maximum absolute atomic E-state index is 6.20. The van der Waals surface area contributed by atoms with Gasteiger partial charge in [-0.2, -0.15) is 0 Å². The third kappa shape index (κ3) is 2.57. The molecule has 0 fully saturated rings. The summed E-state index contributed by atoms with van der Waals surface area (Å²) in [4.78, 5) is 4.33. The molecule has 0 saturated carbocycles. The quantitative estimate of drug-likeness (QED) is 0.916. The van der Waals surface area contributed by atoms with Crippen molar-refractivity contribution >= 4 is 23.3 Å². The number of likely N-dealkylation sites (N-methyl/N-ethyl adjacent to an activating group) is 1. The molecule has 2 aromatic heterocycles. The monoisotopic (exact) mass is 263 g/mol. The van der Waals surface area contributed by atoms with Crippen molar-refractivity contribution in [3.63, 3.8) is 0 Å². The molecule has 2 heterocycles. The van der Waals surface area contributed by atoms with Gasteiger partial charge in [-0.15, -0.1) is 0 Å². The average Bonchev–Trinajstić information content (AvgIpc) is 2.66. The van der Waals surface area contributed by atoms with E-state index in [9.17, 15) is 0 Å². The van der Waals surface area contributed by atoms with E-state index in [1.54, 1.807) is 0 Å². The molecule has 3 nitrogen and oxygen atoms in total. The third-order valence-corrected chi connectivity index (χ3v) is 3.36. The fraction of sp³-hybridized carbons (Fsp3) is 0.357. The van der Waals surface area contributed by atoms with Crippen LogP contribution in [0.25, 0.3) is 11.7 Å². The van der Waals surface area contributed by atoms with Gasteiger partial charge < -0.3 is 5.32 Å². The number of nitrogens with zero attached hydrogens (tertiary/aromatic N) is 2. The van der Waals surface area contributed by atoms with Crippen LogP contribution in [0.15, 0.2) is 30.0 Å². The molecule has 0 aliphatic heterocycles. The van der Waals surface area contributed by atoms with E-state index in [4.69, 9.17) is 11.6 Å². The number of rotatable bonds is 4. The van der Waals surface area contributed by atoms with Gasteiger partial charge in [0, 0.05) is 12.2 Å². The number of halogens is 1. The predicted octanol–water partition coefficient (Wildman–Crippen LogP) is 3.39. The minimum atomic E-state index is 0.334. The lowest BCUT2D eigenvalue weighted by Gasteiger charge is -2.12. The lowest BCUT2D eigenvalue weighted by molar-refractivity contribution is 0.636. The van der Waals surface area contributed by atoms with E-state index in [0.717, 1.165) is 17.9 Å².